The maximum atomic E-state index is 12.6. The Labute approximate surface area is 129 Å². The summed E-state index contributed by atoms with van der Waals surface area (Å²) in [5.74, 6) is 0.477. The van der Waals surface area contributed by atoms with Gasteiger partial charge in [-0.1, -0.05) is 40.2 Å². The van der Waals surface area contributed by atoms with Gasteiger partial charge >= 0.3 is 0 Å². The van der Waals surface area contributed by atoms with Gasteiger partial charge in [-0.3, -0.25) is 9.59 Å². The van der Waals surface area contributed by atoms with Crippen molar-refractivity contribution in [1.82, 2.24) is 0 Å². The van der Waals surface area contributed by atoms with E-state index in [1.165, 1.54) is 0 Å². The zero-order valence-electron chi connectivity index (χ0n) is 10.9. The third-order valence-electron chi connectivity index (χ3n) is 3.77. The number of allylic oxidation sites excluding steroid dienone is 2. The second-order valence-corrected chi connectivity index (χ2v) is 5.96. The molecule has 2 aromatic rings. The van der Waals surface area contributed by atoms with Gasteiger partial charge in [-0.2, -0.15) is 0 Å². The van der Waals surface area contributed by atoms with Crippen LogP contribution >= 0.6 is 15.9 Å². The molecule has 3 nitrogen and oxygen atoms in total. The molecule has 4 heteroatoms. The summed E-state index contributed by atoms with van der Waals surface area (Å²) in [5, 5.41) is 0. The summed E-state index contributed by atoms with van der Waals surface area (Å²) in [6, 6.07) is 12.5. The second-order valence-electron chi connectivity index (χ2n) is 5.04. The summed E-state index contributed by atoms with van der Waals surface area (Å²) in [6.07, 6.45) is 0.420. The number of hydrogen-bond acceptors (Lipinski definition) is 3. The first-order chi connectivity index (χ1) is 10.1. The topological polar surface area (TPSA) is 43.4 Å². The number of rotatable bonds is 0. The summed E-state index contributed by atoms with van der Waals surface area (Å²) < 4.78 is 6.64. The number of halogens is 1. The normalized spacial score (nSPS) is 16.0. The predicted octanol–water partition coefficient (Wildman–Crippen LogP) is 3.72. The fourth-order valence-corrected chi connectivity index (χ4v) is 3.17. The van der Waals surface area contributed by atoms with Crippen molar-refractivity contribution < 1.29 is 14.3 Å². The van der Waals surface area contributed by atoms with E-state index in [-0.39, 0.29) is 17.3 Å². The van der Waals surface area contributed by atoms with Crippen LogP contribution in [-0.2, 0) is 6.42 Å². The molecule has 0 spiro atoms. The van der Waals surface area contributed by atoms with Crippen molar-refractivity contribution in [1.29, 1.82) is 0 Å². The van der Waals surface area contributed by atoms with Gasteiger partial charge in [0.2, 0.25) is 5.78 Å². The van der Waals surface area contributed by atoms with Crippen LogP contribution in [0.4, 0.5) is 0 Å². The Kier molecular flexibility index (Phi) is 2.62. The zero-order chi connectivity index (χ0) is 14.6. The number of Topliss-reactive ketones (excluding diaryl/α,β-unsaturated/α-hetero) is 2. The van der Waals surface area contributed by atoms with Gasteiger partial charge in [0.1, 0.15) is 5.75 Å². The van der Waals surface area contributed by atoms with E-state index in [2.05, 4.69) is 15.9 Å². The predicted molar refractivity (Wildman–Crippen MR) is 80.6 cm³/mol. The van der Waals surface area contributed by atoms with Crippen molar-refractivity contribution >= 4 is 27.5 Å². The molecule has 1 aliphatic carbocycles. The lowest BCUT2D eigenvalue weighted by molar-refractivity contribution is 0.0930. The molecule has 21 heavy (non-hydrogen) atoms. The van der Waals surface area contributed by atoms with E-state index < -0.39 is 0 Å². The molecule has 0 radical (unpaired) electrons. The highest BCUT2D eigenvalue weighted by Gasteiger charge is 2.36. The van der Waals surface area contributed by atoms with Crippen molar-refractivity contribution in [3.8, 4) is 5.75 Å². The van der Waals surface area contributed by atoms with Crippen LogP contribution in [0.5, 0.6) is 5.75 Å². The molecular weight excluding hydrogens is 332 g/mol. The molecular formula is C17H9BrO3. The highest BCUT2D eigenvalue weighted by molar-refractivity contribution is 9.10. The Bertz CT molecular complexity index is 849. The highest BCUT2D eigenvalue weighted by atomic mass is 79.9. The maximum Gasteiger partial charge on any atom is 0.229 e. The molecule has 0 saturated heterocycles. The van der Waals surface area contributed by atoms with Gasteiger partial charge in [-0.05, 0) is 18.2 Å². The van der Waals surface area contributed by atoms with Crippen molar-refractivity contribution in [2.24, 2.45) is 0 Å². The molecule has 0 bridgehead atoms. The first-order valence-electron chi connectivity index (χ1n) is 6.53. The first kappa shape index (κ1) is 12.5. The summed E-state index contributed by atoms with van der Waals surface area (Å²) in [5.41, 5.74) is 2.23. The Hall–Kier alpha value is -2.20. The average molecular weight is 341 g/mol. The molecule has 0 fully saturated rings. The molecule has 0 atom stereocenters. The lowest BCUT2D eigenvalue weighted by Crippen LogP contribution is -2.28. The maximum absolute atomic E-state index is 12.6. The second kappa shape index (κ2) is 4.40. The summed E-state index contributed by atoms with van der Waals surface area (Å²) in [7, 11) is 0. The Morgan fingerprint density at radius 3 is 2.43 bits per heavy atom. The average Bonchev–Trinajstić information content (AvgIpc) is 2.51. The third-order valence-corrected chi connectivity index (χ3v) is 4.27. The van der Waals surface area contributed by atoms with Crippen LogP contribution in [0.25, 0.3) is 0 Å². The van der Waals surface area contributed by atoms with E-state index in [9.17, 15) is 9.59 Å². The minimum absolute atomic E-state index is 0.120. The monoisotopic (exact) mass is 340 g/mol. The lowest BCUT2D eigenvalue weighted by Gasteiger charge is -2.26. The fourth-order valence-electron chi connectivity index (χ4n) is 2.76. The number of carbonyl (C=O) groups is 2. The Morgan fingerprint density at radius 1 is 0.952 bits per heavy atom. The smallest absolute Gasteiger partial charge is 0.229 e. The molecule has 0 unspecified atom stereocenters. The van der Waals surface area contributed by atoms with Crippen molar-refractivity contribution in [2.45, 2.75) is 6.42 Å². The van der Waals surface area contributed by atoms with E-state index in [1.54, 1.807) is 24.3 Å². The van der Waals surface area contributed by atoms with Crippen LogP contribution in [0.3, 0.4) is 0 Å². The molecule has 0 aromatic heterocycles. The van der Waals surface area contributed by atoms with Crippen LogP contribution in [0.1, 0.15) is 26.3 Å². The van der Waals surface area contributed by atoms with E-state index in [0.717, 1.165) is 10.0 Å². The molecule has 0 saturated carbocycles. The van der Waals surface area contributed by atoms with Gasteiger partial charge in [0.05, 0.1) is 5.57 Å². The molecule has 2 aliphatic rings. The quantitative estimate of drug-likeness (QED) is 0.734. The molecule has 1 aliphatic heterocycles. The number of carbonyl (C=O) groups excluding carboxylic acids is 2. The lowest BCUT2D eigenvalue weighted by atomic mass is 9.84. The first-order valence-corrected chi connectivity index (χ1v) is 7.32. The Morgan fingerprint density at radius 2 is 1.67 bits per heavy atom. The van der Waals surface area contributed by atoms with Gasteiger partial charge in [0.15, 0.2) is 11.5 Å². The van der Waals surface area contributed by atoms with Gasteiger partial charge in [-0.15, -0.1) is 0 Å². The van der Waals surface area contributed by atoms with Crippen molar-refractivity contribution in [2.75, 3.05) is 0 Å². The molecule has 0 amide bonds. The third kappa shape index (κ3) is 1.79. The summed E-state index contributed by atoms with van der Waals surface area (Å²) in [4.78, 5) is 25.1. The van der Waals surface area contributed by atoms with E-state index in [0.29, 0.717) is 28.9 Å². The minimum atomic E-state index is -0.214. The van der Waals surface area contributed by atoms with Crippen LogP contribution in [0.2, 0.25) is 0 Å². The highest BCUT2D eigenvalue weighted by Crippen LogP contribution is 2.37. The summed E-state index contributed by atoms with van der Waals surface area (Å²) >= 11 is 3.41. The van der Waals surface area contributed by atoms with Gasteiger partial charge in [0.25, 0.3) is 0 Å². The van der Waals surface area contributed by atoms with Crippen LogP contribution in [0.15, 0.2) is 58.3 Å². The van der Waals surface area contributed by atoms with Gasteiger partial charge in [-0.25, -0.2) is 0 Å². The van der Waals surface area contributed by atoms with E-state index in [1.807, 2.05) is 18.2 Å². The fraction of sp³-hybridized carbons (Fsp3) is 0.0588. The van der Waals surface area contributed by atoms with Gasteiger partial charge < -0.3 is 4.74 Å². The number of fused-ring (bicyclic) bond motifs is 2. The SMILES string of the molecule is O=C1C2=C(Oc3ccc(Br)cc3C2)C(=O)c2ccccc21. The molecule has 4 rings (SSSR count). The van der Waals surface area contributed by atoms with E-state index in [4.69, 9.17) is 4.74 Å². The summed E-state index contributed by atoms with van der Waals surface area (Å²) in [6.45, 7) is 0. The minimum Gasteiger partial charge on any atom is -0.452 e. The zero-order valence-corrected chi connectivity index (χ0v) is 12.4. The number of benzene rings is 2. The molecule has 0 N–H and O–H groups in total. The largest absolute Gasteiger partial charge is 0.452 e. The van der Waals surface area contributed by atoms with Crippen molar-refractivity contribution in [3.05, 3.63) is 75.0 Å². The molecule has 1 heterocycles. The van der Waals surface area contributed by atoms with Crippen LogP contribution in [-0.4, -0.2) is 11.6 Å². The van der Waals surface area contributed by atoms with Gasteiger partial charge in [0, 0.05) is 27.6 Å². The van der Waals surface area contributed by atoms with Crippen molar-refractivity contribution in [3.63, 3.8) is 0 Å². The number of ether oxygens (including phenoxy) is 1. The van der Waals surface area contributed by atoms with E-state index >= 15 is 0 Å². The molecule has 102 valence electrons. The Balaban J connectivity index is 1.88. The number of ketones is 2. The number of hydrogen-bond donors (Lipinski definition) is 0. The van der Waals surface area contributed by atoms with Crippen LogP contribution in [0, 0.1) is 0 Å². The standard InChI is InChI=1S/C17H9BrO3/c18-10-5-6-14-9(7-10)8-13-15(19)11-3-1-2-4-12(11)16(20)17(13)21-14/h1-7H,8H2. The molecule has 2 aromatic carbocycles. The van der Waals surface area contributed by atoms with Crippen LogP contribution < -0.4 is 4.74 Å².